The largest absolute Gasteiger partial charge is 0.338 e. The number of hydrogen-bond donors (Lipinski definition) is 1. The Hall–Kier alpha value is -2.62. The molecule has 2 aromatic carbocycles. The molecule has 124 valence electrons. The van der Waals surface area contributed by atoms with Gasteiger partial charge in [0.2, 0.25) is 5.91 Å². The van der Waals surface area contributed by atoms with Gasteiger partial charge in [-0.2, -0.15) is 0 Å². The Morgan fingerprint density at radius 1 is 1.00 bits per heavy atom. The highest BCUT2D eigenvalue weighted by Crippen LogP contribution is 2.23. The fourth-order valence-electron chi connectivity index (χ4n) is 3.21. The lowest BCUT2D eigenvalue weighted by Crippen LogP contribution is -2.34. The number of carbonyl (C=O) groups excluding carboxylic acids is 2. The molecule has 0 radical (unpaired) electrons. The van der Waals surface area contributed by atoms with E-state index in [2.05, 4.69) is 5.32 Å². The van der Waals surface area contributed by atoms with Crippen molar-refractivity contribution in [2.45, 2.75) is 33.7 Å². The number of benzene rings is 2. The van der Waals surface area contributed by atoms with Crippen LogP contribution in [0.5, 0.6) is 0 Å². The van der Waals surface area contributed by atoms with Crippen LogP contribution in [0.1, 0.15) is 39.5 Å². The molecule has 0 aromatic heterocycles. The standard InChI is InChI=1S/C20H22N2O2/c1-13-8-14(2)10-17(9-13)20(24)21-19-5-4-16-6-7-22(15(3)23)12-18(16)11-19/h4-5,8-11H,6-7,12H2,1-3H3,(H,21,24). The summed E-state index contributed by atoms with van der Waals surface area (Å²) >= 11 is 0. The third-order valence-corrected chi connectivity index (χ3v) is 4.41. The summed E-state index contributed by atoms with van der Waals surface area (Å²) < 4.78 is 0. The van der Waals surface area contributed by atoms with Gasteiger partial charge >= 0.3 is 0 Å². The van der Waals surface area contributed by atoms with Gasteiger partial charge in [-0.1, -0.05) is 23.3 Å². The van der Waals surface area contributed by atoms with E-state index >= 15 is 0 Å². The lowest BCUT2D eigenvalue weighted by Gasteiger charge is -2.28. The predicted octanol–water partition coefficient (Wildman–Crippen LogP) is 3.46. The van der Waals surface area contributed by atoms with Crippen LogP contribution in [0.2, 0.25) is 0 Å². The van der Waals surface area contributed by atoms with Gasteiger partial charge in [0.1, 0.15) is 0 Å². The summed E-state index contributed by atoms with van der Waals surface area (Å²) in [4.78, 5) is 25.9. The normalized spacial score (nSPS) is 13.4. The minimum atomic E-state index is -0.110. The molecule has 0 atom stereocenters. The molecule has 2 aromatic rings. The van der Waals surface area contributed by atoms with Gasteiger partial charge in [0.15, 0.2) is 0 Å². The minimum absolute atomic E-state index is 0.0883. The molecular weight excluding hydrogens is 300 g/mol. The molecule has 24 heavy (non-hydrogen) atoms. The summed E-state index contributed by atoms with van der Waals surface area (Å²) in [5.74, 6) is -0.0219. The van der Waals surface area contributed by atoms with E-state index in [1.165, 1.54) is 5.56 Å². The van der Waals surface area contributed by atoms with Crippen LogP contribution in [0.4, 0.5) is 5.69 Å². The van der Waals surface area contributed by atoms with Gasteiger partial charge in [0, 0.05) is 31.3 Å². The Morgan fingerprint density at radius 3 is 2.38 bits per heavy atom. The van der Waals surface area contributed by atoms with Crippen LogP contribution in [0.15, 0.2) is 36.4 Å². The Bertz CT molecular complexity index is 791. The van der Waals surface area contributed by atoms with Gasteiger partial charge in [-0.05, 0) is 55.7 Å². The van der Waals surface area contributed by atoms with Crippen molar-refractivity contribution in [3.63, 3.8) is 0 Å². The predicted molar refractivity (Wildman–Crippen MR) is 95.1 cm³/mol. The molecule has 4 nitrogen and oxygen atoms in total. The summed E-state index contributed by atoms with van der Waals surface area (Å²) in [5.41, 5.74) is 5.93. The Labute approximate surface area is 142 Å². The number of anilines is 1. The first kappa shape index (κ1) is 16.2. The summed E-state index contributed by atoms with van der Waals surface area (Å²) in [5, 5.41) is 2.96. The highest BCUT2D eigenvalue weighted by atomic mass is 16.2. The van der Waals surface area contributed by atoms with Gasteiger partial charge < -0.3 is 10.2 Å². The molecule has 4 heteroatoms. The second kappa shape index (κ2) is 6.48. The summed E-state index contributed by atoms with van der Waals surface area (Å²) in [6.45, 7) is 6.93. The van der Waals surface area contributed by atoms with E-state index in [0.29, 0.717) is 12.1 Å². The van der Waals surface area contributed by atoms with Crippen LogP contribution in [0, 0.1) is 13.8 Å². The quantitative estimate of drug-likeness (QED) is 0.920. The molecule has 0 spiro atoms. The van der Waals surface area contributed by atoms with E-state index < -0.39 is 0 Å². The zero-order valence-electron chi connectivity index (χ0n) is 14.3. The molecule has 3 rings (SSSR count). The van der Waals surface area contributed by atoms with E-state index in [-0.39, 0.29) is 11.8 Å². The number of nitrogens with one attached hydrogen (secondary N) is 1. The first-order valence-corrected chi connectivity index (χ1v) is 8.19. The lowest BCUT2D eigenvalue weighted by molar-refractivity contribution is -0.129. The summed E-state index contributed by atoms with van der Waals surface area (Å²) in [7, 11) is 0. The number of nitrogens with zero attached hydrogens (tertiary/aromatic N) is 1. The first-order chi connectivity index (χ1) is 11.4. The smallest absolute Gasteiger partial charge is 0.255 e. The van der Waals surface area contributed by atoms with Gasteiger partial charge in [-0.25, -0.2) is 0 Å². The molecule has 0 aliphatic carbocycles. The van der Waals surface area contributed by atoms with Crippen molar-refractivity contribution < 1.29 is 9.59 Å². The molecule has 0 bridgehead atoms. The highest BCUT2D eigenvalue weighted by Gasteiger charge is 2.18. The Balaban J connectivity index is 1.80. The molecule has 1 aliphatic rings. The van der Waals surface area contributed by atoms with Crippen LogP contribution in [0.25, 0.3) is 0 Å². The molecule has 1 aliphatic heterocycles. The van der Waals surface area contributed by atoms with Gasteiger partial charge in [0.05, 0.1) is 0 Å². The number of rotatable bonds is 2. The van der Waals surface area contributed by atoms with Crippen molar-refractivity contribution in [2.24, 2.45) is 0 Å². The lowest BCUT2D eigenvalue weighted by atomic mass is 9.99. The van der Waals surface area contributed by atoms with E-state index in [1.807, 2.05) is 55.1 Å². The van der Waals surface area contributed by atoms with Gasteiger partial charge in [0.25, 0.3) is 5.91 Å². The second-order valence-electron chi connectivity index (χ2n) is 6.50. The van der Waals surface area contributed by atoms with E-state index in [9.17, 15) is 9.59 Å². The van der Waals surface area contributed by atoms with Crippen molar-refractivity contribution >= 4 is 17.5 Å². The monoisotopic (exact) mass is 322 g/mol. The molecular formula is C20H22N2O2. The summed E-state index contributed by atoms with van der Waals surface area (Å²) in [6, 6.07) is 11.8. The first-order valence-electron chi connectivity index (χ1n) is 8.19. The van der Waals surface area contributed by atoms with E-state index in [0.717, 1.165) is 35.3 Å². The fourth-order valence-corrected chi connectivity index (χ4v) is 3.21. The Kier molecular flexibility index (Phi) is 4.38. The van der Waals surface area contributed by atoms with Crippen LogP contribution in [0.3, 0.4) is 0 Å². The number of carbonyl (C=O) groups is 2. The van der Waals surface area contributed by atoms with Crippen molar-refractivity contribution in [3.8, 4) is 0 Å². The highest BCUT2D eigenvalue weighted by molar-refractivity contribution is 6.04. The third kappa shape index (κ3) is 3.48. The minimum Gasteiger partial charge on any atom is -0.338 e. The van der Waals surface area contributed by atoms with Crippen LogP contribution in [-0.4, -0.2) is 23.3 Å². The number of fused-ring (bicyclic) bond motifs is 1. The average molecular weight is 322 g/mol. The van der Waals surface area contributed by atoms with E-state index in [4.69, 9.17) is 0 Å². The molecule has 0 fully saturated rings. The zero-order chi connectivity index (χ0) is 17.3. The molecule has 0 saturated carbocycles. The molecule has 1 N–H and O–H groups in total. The van der Waals surface area contributed by atoms with Crippen molar-refractivity contribution in [3.05, 3.63) is 64.2 Å². The average Bonchev–Trinajstić information content (AvgIpc) is 2.53. The van der Waals surface area contributed by atoms with Crippen LogP contribution >= 0.6 is 0 Å². The second-order valence-corrected chi connectivity index (χ2v) is 6.50. The van der Waals surface area contributed by atoms with Crippen molar-refractivity contribution in [2.75, 3.05) is 11.9 Å². The van der Waals surface area contributed by atoms with Crippen LogP contribution in [-0.2, 0) is 17.8 Å². The van der Waals surface area contributed by atoms with Gasteiger partial charge in [-0.3, -0.25) is 9.59 Å². The molecule has 2 amide bonds. The topological polar surface area (TPSA) is 49.4 Å². The maximum atomic E-state index is 12.5. The van der Waals surface area contributed by atoms with Crippen LogP contribution < -0.4 is 5.32 Å². The molecule has 1 heterocycles. The molecule has 0 saturated heterocycles. The zero-order valence-corrected chi connectivity index (χ0v) is 14.3. The molecule has 0 unspecified atom stereocenters. The SMILES string of the molecule is CC(=O)N1CCc2ccc(NC(=O)c3cc(C)cc(C)c3)cc2C1. The Morgan fingerprint density at radius 2 is 1.71 bits per heavy atom. The van der Waals surface area contributed by atoms with Crippen molar-refractivity contribution in [1.82, 2.24) is 4.90 Å². The third-order valence-electron chi connectivity index (χ3n) is 4.41. The fraction of sp³-hybridized carbons (Fsp3) is 0.300. The number of hydrogen-bond acceptors (Lipinski definition) is 2. The maximum absolute atomic E-state index is 12.5. The number of aryl methyl sites for hydroxylation is 2. The van der Waals surface area contributed by atoms with Crippen molar-refractivity contribution in [1.29, 1.82) is 0 Å². The maximum Gasteiger partial charge on any atom is 0.255 e. The summed E-state index contributed by atoms with van der Waals surface area (Å²) in [6.07, 6.45) is 0.861. The number of amides is 2. The van der Waals surface area contributed by atoms with Gasteiger partial charge in [-0.15, -0.1) is 0 Å². The van der Waals surface area contributed by atoms with E-state index in [1.54, 1.807) is 6.92 Å².